The van der Waals surface area contributed by atoms with Crippen molar-refractivity contribution in [1.29, 1.82) is 0 Å². The monoisotopic (exact) mass is 502 g/mol. The highest BCUT2D eigenvalue weighted by atomic mass is 127. The van der Waals surface area contributed by atoms with E-state index in [0.717, 1.165) is 31.5 Å². The Balaban J connectivity index is 0.00000364. The first-order chi connectivity index (χ1) is 12.4. The maximum atomic E-state index is 13.1. The van der Waals surface area contributed by atoms with Crippen molar-refractivity contribution >= 4 is 29.9 Å². The minimum absolute atomic E-state index is 0. The van der Waals surface area contributed by atoms with Crippen LogP contribution in [0.15, 0.2) is 23.2 Å². The van der Waals surface area contributed by atoms with Crippen LogP contribution in [0.2, 0.25) is 0 Å². The molecular formula is C18H27F4IN4. The molecule has 0 aromatic heterocycles. The van der Waals surface area contributed by atoms with Crippen molar-refractivity contribution in [2.45, 2.75) is 38.4 Å². The molecule has 0 aliphatic carbocycles. The van der Waals surface area contributed by atoms with Crippen LogP contribution in [0.4, 0.5) is 17.6 Å². The average Bonchev–Trinajstić information content (AvgIpc) is 3.10. The van der Waals surface area contributed by atoms with Gasteiger partial charge in [0.1, 0.15) is 5.82 Å². The van der Waals surface area contributed by atoms with E-state index >= 15 is 0 Å². The summed E-state index contributed by atoms with van der Waals surface area (Å²) >= 11 is 0. The Labute approximate surface area is 174 Å². The number of unbranched alkanes of at least 4 members (excludes halogenated alkanes) is 1. The van der Waals surface area contributed by atoms with Crippen LogP contribution in [0, 0.1) is 5.82 Å². The van der Waals surface area contributed by atoms with Gasteiger partial charge in [-0.2, -0.15) is 13.2 Å². The van der Waals surface area contributed by atoms with Crippen LogP contribution in [0.3, 0.4) is 0 Å². The van der Waals surface area contributed by atoms with E-state index in [1.807, 2.05) is 0 Å². The first-order valence-corrected chi connectivity index (χ1v) is 8.92. The minimum Gasteiger partial charge on any atom is -0.356 e. The lowest BCUT2D eigenvalue weighted by Crippen LogP contribution is -2.37. The fourth-order valence-electron chi connectivity index (χ4n) is 3.04. The van der Waals surface area contributed by atoms with Crippen molar-refractivity contribution in [3.05, 3.63) is 35.1 Å². The molecule has 0 spiro atoms. The first kappa shape index (κ1) is 23.9. The Kier molecular flexibility index (Phi) is 10.4. The maximum absolute atomic E-state index is 13.1. The van der Waals surface area contributed by atoms with E-state index in [2.05, 4.69) is 20.5 Å². The second-order valence-corrected chi connectivity index (χ2v) is 6.41. The van der Waals surface area contributed by atoms with E-state index in [4.69, 9.17) is 0 Å². The van der Waals surface area contributed by atoms with Gasteiger partial charge in [-0.15, -0.1) is 24.0 Å². The first-order valence-electron chi connectivity index (χ1n) is 8.92. The SMILES string of the molecule is CN=C(NCCCCN1CCCC1)NCc1ccc(F)cc1C(F)(F)F.I. The van der Waals surface area contributed by atoms with E-state index in [-0.39, 0.29) is 36.1 Å². The number of hydrogen-bond acceptors (Lipinski definition) is 2. The van der Waals surface area contributed by atoms with Crippen LogP contribution >= 0.6 is 24.0 Å². The number of alkyl halides is 3. The Morgan fingerprint density at radius 1 is 1.15 bits per heavy atom. The summed E-state index contributed by atoms with van der Waals surface area (Å²) in [5.74, 6) is -0.467. The third-order valence-electron chi connectivity index (χ3n) is 4.44. The highest BCUT2D eigenvalue weighted by molar-refractivity contribution is 14.0. The van der Waals surface area contributed by atoms with Gasteiger partial charge < -0.3 is 15.5 Å². The Bertz CT molecular complexity index is 602. The zero-order chi connectivity index (χ0) is 19.0. The molecule has 0 radical (unpaired) electrons. The molecule has 0 bridgehead atoms. The summed E-state index contributed by atoms with van der Waals surface area (Å²) in [6.07, 6.45) is -0.0103. The number of aliphatic imine (C=N–C) groups is 1. The number of guanidine groups is 1. The lowest BCUT2D eigenvalue weighted by molar-refractivity contribution is -0.138. The molecule has 1 heterocycles. The molecule has 27 heavy (non-hydrogen) atoms. The van der Waals surface area contributed by atoms with Crippen LogP contribution in [0.25, 0.3) is 0 Å². The van der Waals surface area contributed by atoms with Crippen LogP contribution in [0.1, 0.15) is 36.8 Å². The van der Waals surface area contributed by atoms with Crippen molar-refractivity contribution in [3.8, 4) is 0 Å². The molecule has 1 fully saturated rings. The van der Waals surface area contributed by atoms with Gasteiger partial charge in [-0.25, -0.2) is 4.39 Å². The normalized spacial score (nSPS) is 15.5. The number of likely N-dealkylation sites (tertiary alicyclic amines) is 1. The average molecular weight is 502 g/mol. The van der Waals surface area contributed by atoms with Crippen molar-refractivity contribution in [3.63, 3.8) is 0 Å². The second-order valence-electron chi connectivity index (χ2n) is 6.41. The predicted octanol–water partition coefficient (Wildman–Crippen LogP) is 4.00. The number of rotatable bonds is 7. The zero-order valence-corrected chi connectivity index (χ0v) is 17.7. The molecule has 0 unspecified atom stereocenters. The molecule has 0 atom stereocenters. The molecule has 1 aliphatic heterocycles. The Morgan fingerprint density at radius 2 is 1.85 bits per heavy atom. The number of nitrogens with zero attached hydrogens (tertiary/aromatic N) is 2. The Hall–Kier alpha value is -1.10. The molecular weight excluding hydrogens is 475 g/mol. The van der Waals surface area contributed by atoms with Gasteiger partial charge in [-0.1, -0.05) is 6.07 Å². The molecule has 2 rings (SSSR count). The van der Waals surface area contributed by atoms with Gasteiger partial charge >= 0.3 is 6.18 Å². The fraction of sp³-hybridized carbons (Fsp3) is 0.611. The van der Waals surface area contributed by atoms with E-state index in [0.29, 0.717) is 18.6 Å². The van der Waals surface area contributed by atoms with Gasteiger partial charge in [0.05, 0.1) is 5.56 Å². The number of nitrogens with one attached hydrogen (secondary N) is 2. The molecule has 4 nitrogen and oxygen atoms in total. The van der Waals surface area contributed by atoms with Gasteiger partial charge in [0.25, 0.3) is 0 Å². The zero-order valence-electron chi connectivity index (χ0n) is 15.4. The van der Waals surface area contributed by atoms with Crippen LogP contribution in [0.5, 0.6) is 0 Å². The summed E-state index contributed by atoms with van der Waals surface area (Å²) in [7, 11) is 1.56. The third-order valence-corrected chi connectivity index (χ3v) is 4.44. The van der Waals surface area contributed by atoms with Crippen molar-refractivity contribution in [1.82, 2.24) is 15.5 Å². The standard InChI is InChI=1S/C18H26F4N4.HI/c1-23-17(24-8-2-3-9-26-10-4-5-11-26)25-13-14-6-7-15(19)12-16(14)18(20,21)22;/h6-7,12H,2-5,8-11,13H2,1H3,(H2,23,24,25);1H. The van der Waals surface area contributed by atoms with E-state index < -0.39 is 17.6 Å². The van der Waals surface area contributed by atoms with Crippen LogP contribution < -0.4 is 10.6 Å². The predicted molar refractivity (Wildman–Crippen MR) is 110 cm³/mol. The lowest BCUT2D eigenvalue weighted by atomic mass is 10.1. The summed E-state index contributed by atoms with van der Waals surface area (Å²) in [6.45, 7) is 4.05. The third kappa shape index (κ3) is 8.20. The molecule has 0 amide bonds. The van der Waals surface area contributed by atoms with Crippen LogP contribution in [-0.2, 0) is 12.7 Å². The molecule has 154 valence electrons. The molecule has 1 aromatic rings. The van der Waals surface area contributed by atoms with E-state index in [9.17, 15) is 17.6 Å². The number of hydrogen-bond donors (Lipinski definition) is 2. The largest absolute Gasteiger partial charge is 0.416 e. The summed E-state index contributed by atoms with van der Waals surface area (Å²) in [5.41, 5.74) is -0.984. The minimum atomic E-state index is -4.59. The lowest BCUT2D eigenvalue weighted by Gasteiger charge is -2.16. The quantitative estimate of drug-likeness (QED) is 0.195. The van der Waals surface area contributed by atoms with Crippen molar-refractivity contribution in [2.75, 3.05) is 33.2 Å². The number of benzene rings is 1. The Morgan fingerprint density at radius 3 is 2.48 bits per heavy atom. The molecule has 2 N–H and O–H groups in total. The highest BCUT2D eigenvalue weighted by Crippen LogP contribution is 2.32. The summed E-state index contributed by atoms with van der Waals surface area (Å²) < 4.78 is 52.2. The molecule has 1 saturated heterocycles. The summed E-state index contributed by atoms with van der Waals surface area (Å²) in [4.78, 5) is 6.46. The van der Waals surface area contributed by atoms with Crippen molar-refractivity contribution < 1.29 is 17.6 Å². The smallest absolute Gasteiger partial charge is 0.356 e. The molecule has 0 saturated carbocycles. The van der Waals surface area contributed by atoms with Gasteiger partial charge in [-0.3, -0.25) is 4.99 Å². The van der Waals surface area contributed by atoms with Gasteiger partial charge in [0.15, 0.2) is 5.96 Å². The molecule has 9 heteroatoms. The topological polar surface area (TPSA) is 39.7 Å². The van der Waals surface area contributed by atoms with Crippen LogP contribution in [-0.4, -0.2) is 44.1 Å². The second kappa shape index (κ2) is 11.7. The van der Waals surface area contributed by atoms with Gasteiger partial charge in [0, 0.05) is 20.1 Å². The summed E-state index contributed by atoms with van der Waals surface area (Å²) in [6, 6.07) is 2.70. The highest BCUT2D eigenvalue weighted by Gasteiger charge is 2.33. The number of halogens is 5. The van der Waals surface area contributed by atoms with Gasteiger partial charge in [0.2, 0.25) is 0 Å². The van der Waals surface area contributed by atoms with Gasteiger partial charge in [-0.05, 0) is 63.0 Å². The fourth-order valence-corrected chi connectivity index (χ4v) is 3.04. The van der Waals surface area contributed by atoms with E-state index in [1.54, 1.807) is 7.05 Å². The molecule has 1 aromatic carbocycles. The maximum Gasteiger partial charge on any atom is 0.416 e. The summed E-state index contributed by atoms with van der Waals surface area (Å²) in [5, 5.41) is 5.96. The van der Waals surface area contributed by atoms with E-state index in [1.165, 1.54) is 25.9 Å². The molecule has 1 aliphatic rings. The van der Waals surface area contributed by atoms with Crippen molar-refractivity contribution in [2.24, 2.45) is 4.99 Å².